The molecule has 0 saturated carbocycles. The van der Waals surface area contributed by atoms with E-state index >= 15 is 0 Å². The molecule has 2 rings (SSSR count). The summed E-state index contributed by atoms with van der Waals surface area (Å²) < 4.78 is 11.1. The summed E-state index contributed by atoms with van der Waals surface area (Å²) >= 11 is 0. The van der Waals surface area contributed by atoms with Crippen LogP contribution >= 0.6 is 0 Å². The van der Waals surface area contributed by atoms with E-state index in [1.807, 2.05) is 18.2 Å². The maximum absolute atomic E-state index is 5.78. The molecule has 0 aliphatic heterocycles. The fraction of sp³-hybridized carbons (Fsp3) is 0.375. The first-order chi connectivity index (χ1) is 10.2. The van der Waals surface area contributed by atoms with Crippen LogP contribution in [-0.4, -0.2) is 23.1 Å². The molecular formula is C16H21N3O2. The van der Waals surface area contributed by atoms with E-state index in [0.29, 0.717) is 30.0 Å². The number of rotatable bonds is 7. The second-order valence-corrected chi connectivity index (χ2v) is 4.97. The van der Waals surface area contributed by atoms with Gasteiger partial charge in [-0.3, -0.25) is 0 Å². The second-order valence-electron chi connectivity index (χ2n) is 4.97. The third kappa shape index (κ3) is 4.72. The zero-order chi connectivity index (χ0) is 15.1. The van der Waals surface area contributed by atoms with Gasteiger partial charge in [0.1, 0.15) is 6.61 Å². The Hall–Kier alpha value is -2.14. The van der Waals surface area contributed by atoms with E-state index in [0.717, 1.165) is 12.1 Å². The maximum Gasteiger partial charge on any atom is 0.166 e. The minimum absolute atomic E-state index is 0.318. The highest BCUT2D eigenvalue weighted by molar-refractivity contribution is 5.43. The summed E-state index contributed by atoms with van der Waals surface area (Å²) in [6.07, 6.45) is 3.40. The van der Waals surface area contributed by atoms with Gasteiger partial charge in [-0.25, -0.2) is 9.97 Å². The monoisotopic (exact) mass is 287 g/mol. The average Bonchev–Trinajstić information content (AvgIpc) is 2.52. The van der Waals surface area contributed by atoms with E-state index in [9.17, 15) is 0 Å². The molecule has 0 atom stereocenters. The van der Waals surface area contributed by atoms with Crippen molar-refractivity contribution in [3.05, 3.63) is 48.0 Å². The molecule has 0 unspecified atom stereocenters. The van der Waals surface area contributed by atoms with Crippen molar-refractivity contribution in [2.24, 2.45) is 0 Å². The van der Waals surface area contributed by atoms with Crippen molar-refractivity contribution in [2.45, 2.75) is 33.0 Å². The number of nitrogens with zero attached hydrogens (tertiary/aromatic N) is 2. The van der Waals surface area contributed by atoms with Crippen LogP contribution in [0.4, 0.5) is 0 Å². The first kappa shape index (κ1) is 15.3. The quantitative estimate of drug-likeness (QED) is 0.848. The number of aromatic nitrogens is 2. The topological polar surface area (TPSA) is 56.3 Å². The number of hydrogen-bond acceptors (Lipinski definition) is 5. The molecule has 0 aliphatic carbocycles. The van der Waals surface area contributed by atoms with Crippen LogP contribution in [0.5, 0.6) is 11.5 Å². The fourth-order valence-electron chi connectivity index (χ4n) is 1.81. The first-order valence-electron chi connectivity index (χ1n) is 6.98. The molecule has 1 N–H and O–H groups in total. The van der Waals surface area contributed by atoms with Crippen molar-refractivity contribution in [1.82, 2.24) is 15.3 Å². The lowest BCUT2D eigenvalue weighted by Crippen LogP contribution is -2.21. The van der Waals surface area contributed by atoms with E-state index in [-0.39, 0.29) is 0 Å². The van der Waals surface area contributed by atoms with Crippen molar-refractivity contribution in [1.29, 1.82) is 0 Å². The van der Waals surface area contributed by atoms with Crippen LogP contribution in [0.2, 0.25) is 0 Å². The molecule has 0 fully saturated rings. The minimum Gasteiger partial charge on any atom is -0.493 e. The largest absolute Gasteiger partial charge is 0.493 e. The van der Waals surface area contributed by atoms with Crippen LogP contribution in [0.1, 0.15) is 25.2 Å². The third-order valence-electron chi connectivity index (χ3n) is 2.92. The van der Waals surface area contributed by atoms with E-state index in [1.54, 1.807) is 25.6 Å². The molecule has 0 aliphatic rings. The molecule has 1 heterocycles. The lowest BCUT2D eigenvalue weighted by Gasteiger charge is -2.13. The molecule has 5 nitrogen and oxygen atoms in total. The van der Waals surface area contributed by atoms with Gasteiger partial charge in [0.2, 0.25) is 0 Å². The lowest BCUT2D eigenvalue weighted by molar-refractivity contribution is 0.276. The van der Waals surface area contributed by atoms with E-state index in [2.05, 4.69) is 29.1 Å². The Morgan fingerprint density at radius 2 is 1.90 bits per heavy atom. The van der Waals surface area contributed by atoms with Crippen molar-refractivity contribution >= 4 is 0 Å². The van der Waals surface area contributed by atoms with Crippen LogP contribution in [0, 0.1) is 0 Å². The van der Waals surface area contributed by atoms with Gasteiger partial charge >= 0.3 is 0 Å². The normalized spacial score (nSPS) is 10.7. The van der Waals surface area contributed by atoms with Gasteiger partial charge in [-0.2, -0.15) is 0 Å². The van der Waals surface area contributed by atoms with Gasteiger partial charge < -0.3 is 14.8 Å². The number of ether oxygens (including phenoxy) is 2. The van der Waals surface area contributed by atoms with Crippen LogP contribution in [0.25, 0.3) is 0 Å². The molecule has 0 radical (unpaired) electrons. The molecule has 112 valence electrons. The van der Waals surface area contributed by atoms with Crippen molar-refractivity contribution in [2.75, 3.05) is 7.11 Å². The maximum atomic E-state index is 5.78. The minimum atomic E-state index is 0.318. The molecule has 2 aromatic rings. The fourth-order valence-corrected chi connectivity index (χ4v) is 1.81. The Morgan fingerprint density at radius 3 is 2.57 bits per heavy atom. The predicted molar refractivity (Wildman–Crippen MR) is 81.3 cm³/mol. The highest BCUT2D eigenvalue weighted by Crippen LogP contribution is 2.28. The standard InChI is InChI=1S/C16H21N3O2/c1-12(2)19-10-13-5-6-14(20-3)15(9-13)21-11-16-17-7-4-8-18-16/h4-9,12,19H,10-11H2,1-3H3. The van der Waals surface area contributed by atoms with Gasteiger partial charge in [-0.05, 0) is 23.8 Å². The molecule has 0 saturated heterocycles. The Labute approximate surface area is 125 Å². The Bertz CT molecular complexity index is 559. The van der Waals surface area contributed by atoms with Gasteiger partial charge in [0, 0.05) is 25.0 Å². The Morgan fingerprint density at radius 1 is 1.14 bits per heavy atom. The predicted octanol–water partition coefficient (Wildman–Crippen LogP) is 2.56. The van der Waals surface area contributed by atoms with Crippen LogP contribution in [0.3, 0.4) is 0 Å². The number of benzene rings is 1. The van der Waals surface area contributed by atoms with Crippen LogP contribution < -0.4 is 14.8 Å². The second kappa shape index (κ2) is 7.59. The van der Waals surface area contributed by atoms with E-state index < -0.39 is 0 Å². The van der Waals surface area contributed by atoms with Gasteiger partial charge in [0.05, 0.1) is 7.11 Å². The summed E-state index contributed by atoms with van der Waals surface area (Å²) in [5.41, 5.74) is 1.15. The summed E-state index contributed by atoms with van der Waals surface area (Å²) in [5.74, 6) is 2.05. The zero-order valence-corrected chi connectivity index (χ0v) is 12.7. The van der Waals surface area contributed by atoms with Crippen molar-refractivity contribution in [3.8, 4) is 11.5 Å². The molecule has 1 aromatic heterocycles. The van der Waals surface area contributed by atoms with Gasteiger partial charge in [0.15, 0.2) is 17.3 Å². The van der Waals surface area contributed by atoms with Gasteiger partial charge in [-0.1, -0.05) is 19.9 Å². The SMILES string of the molecule is COc1ccc(CNC(C)C)cc1OCc1ncccn1. The van der Waals surface area contributed by atoms with Crippen molar-refractivity contribution < 1.29 is 9.47 Å². The Balaban J connectivity index is 2.06. The lowest BCUT2D eigenvalue weighted by atomic mass is 10.2. The highest BCUT2D eigenvalue weighted by Gasteiger charge is 2.07. The van der Waals surface area contributed by atoms with Gasteiger partial charge in [0.25, 0.3) is 0 Å². The summed E-state index contributed by atoms with van der Waals surface area (Å²) in [5, 5.41) is 3.38. The molecule has 5 heteroatoms. The molecule has 1 aromatic carbocycles. The van der Waals surface area contributed by atoms with Gasteiger partial charge in [-0.15, -0.1) is 0 Å². The Kier molecular flexibility index (Phi) is 5.51. The molecule has 0 amide bonds. The third-order valence-corrected chi connectivity index (χ3v) is 2.92. The van der Waals surface area contributed by atoms with E-state index in [1.165, 1.54) is 0 Å². The highest BCUT2D eigenvalue weighted by atomic mass is 16.5. The smallest absolute Gasteiger partial charge is 0.166 e. The number of methoxy groups -OCH3 is 1. The molecular weight excluding hydrogens is 266 g/mol. The summed E-state index contributed by atoms with van der Waals surface area (Å²) in [6, 6.07) is 8.15. The first-order valence-corrected chi connectivity index (χ1v) is 6.98. The summed E-state index contributed by atoms with van der Waals surface area (Å²) in [7, 11) is 1.63. The number of nitrogens with one attached hydrogen (secondary N) is 1. The number of hydrogen-bond donors (Lipinski definition) is 1. The summed E-state index contributed by atoms with van der Waals surface area (Å²) in [6.45, 7) is 5.35. The average molecular weight is 287 g/mol. The van der Waals surface area contributed by atoms with Crippen LogP contribution in [0.15, 0.2) is 36.7 Å². The zero-order valence-electron chi connectivity index (χ0n) is 12.7. The van der Waals surface area contributed by atoms with Crippen LogP contribution in [-0.2, 0) is 13.2 Å². The van der Waals surface area contributed by atoms with E-state index in [4.69, 9.17) is 9.47 Å². The molecule has 0 spiro atoms. The summed E-state index contributed by atoms with van der Waals surface area (Å²) in [4.78, 5) is 8.28. The van der Waals surface area contributed by atoms with Crippen molar-refractivity contribution in [3.63, 3.8) is 0 Å². The molecule has 21 heavy (non-hydrogen) atoms. The molecule has 0 bridgehead atoms.